The Labute approximate surface area is 145 Å². The summed E-state index contributed by atoms with van der Waals surface area (Å²) in [5.74, 6) is 0.351. The fourth-order valence-electron chi connectivity index (χ4n) is 2.82. The molecular weight excluding hydrogens is 318 g/mol. The molecule has 2 aromatic carbocycles. The first kappa shape index (κ1) is 16.6. The number of aromatic amines is 1. The lowest BCUT2D eigenvalue weighted by molar-refractivity contribution is -0.114. The van der Waals surface area contributed by atoms with Gasteiger partial charge < -0.3 is 20.4 Å². The van der Waals surface area contributed by atoms with Crippen molar-refractivity contribution in [3.63, 3.8) is 0 Å². The van der Waals surface area contributed by atoms with Crippen molar-refractivity contribution in [2.75, 3.05) is 17.7 Å². The number of nitrogens with one attached hydrogen (secondary N) is 3. The van der Waals surface area contributed by atoms with Crippen LogP contribution < -0.4 is 15.4 Å². The molecule has 2 amide bonds. The number of para-hydroxylation sites is 1. The Morgan fingerprint density at radius 2 is 1.64 bits per heavy atom. The van der Waals surface area contributed by atoms with Gasteiger partial charge in [-0.25, -0.2) is 0 Å². The molecule has 3 N–H and O–H groups in total. The molecule has 1 aromatic heterocycles. The molecular formula is C19H19N3O3. The average Bonchev–Trinajstić information content (AvgIpc) is 2.92. The number of ether oxygens (including phenoxy) is 1. The number of hydrogen-bond acceptors (Lipinski definition) is 3. The predicted molar refractivity (Wildman–Crippen MR) is 98.3 cm³/mol. The first-order chi connectivity index (χ1) is 12.0. The van der Waals surface area contributed by atoms with E-state index in [1.807, 2.05) is 25.1 Å². The Kier molecular flexibility index (Phi) is 4.43. The van der Waals surface area contributed by atoms with E-state index in [-0.39, 0.29) is 11.8 Å². The lowest BCUT2D eigenvalue weighted by Gasteiger charge is -2.07. The third kappa shape index (κ3) is 3.33. The van der Waals surface area contributed by atoms with E-state index in [4.69, 9.17) is 4.74 Å². The van der Waals surface area contributed by atoms with Crippen LogP contribution in [0.25, 0.3) is 10.9 Å². The zero-order valence-electron chi connectivity index (χ0n) is 14.3. The molecule has 0 saturated heterocycles. The van der Waals surface area contributed by atoms with Gasteiger partial charge in [0.1, 0.15) is 5.75 Å². The van der Waals surface area contributed by atoms with Crippen molar-refractivity contribution in [1.29, 1.82) is 0 Å². The fraction of sp³-hybridized carbons (Fsp3) is 0.158. The number of amides is 2. The first-order valence-electron chi connectivity index (χ1n) is 7.84. The Morgan fingerprint density at radius 1 is 1.00 bits per heavy atom. The highest BCUT2D eigenvalue weighted by molar-refractivity contribution is 6.14. The molecule has 1 heterocycles. The molecule has 0 aliphatic heterocycles. The molecule has 0 bridgehead atoms. The number of anilines is 2. The van der Waals surface area contributed by atoms with Gasteiger partial charge in [0, 0.05) is 29.4 Å². The van der Waals surface area contributed by atoms with Crippen molar-refractivity contribution in [2.24, 2.45) is 0 Å². The van der Waals surface area contributed by atoms with Gasteiger partial charge in [0.25, 0.3) is 5.91 Å². The SMILES string of the molecule is COc1cccc2c(C(=O)Nc3ccc(NC(C)=O)cc3)c(C)[nH]c12. The molecule has 6 heteroatoms. The highest BCUT2D eigenvalue weighted by Crippen LogP contribution is 2.30. The quantitative estimate of drug-likeness (QED) is 0.679. The molecule has 0 radical (unpaired) electrons. The molecule has 0 atom stereocenters. The van der Waals surface area contributed by atoms with Crippen molar-refractivity contribution < 1.29 is 14.3 Å². The van der Waals surface area contributed by atoms with E-state index < -0.39 is 0 Å². The largest absolute Gasteiger partial charge is 0.495 e. The van der Waals surface area contributed by atoms with E-state index in [9.17, 15) is 9.59 Å². The van der Waals surface area contributed by atoms with Crippen LogP contribution >= 0.6 is 0 Å². The van der Waals surface area contributed by atoms with E-state index >= 15 is 0 Å². The van der Waals surface area contributed by atoms with E-state index in [0.29, 0.717) is 22.7 Å². The summed E-state index contributed by atoms with van der Waals surface area (Å²) < 4.78 is 5.34. The first-order valence-corrected chi connectivity index (χ1v) is 7.84. The Balaban J connectivity index is 1.87. The summed E-state index contributed by atoms with van der Waals surface area (Å²) in [6.45, 7) is 3.30. The van der Waals surface area contributed by atoms with E-state index in [1.54, 1.807) is 31.4 Å². The van der Waals surface area contributed by atoms with Crippen molar-refractivity contribution in [2.45, 2.75) is 13.8 Å². The lowest BCUT2D eigenvalue weighted by Crippen LogP contribution is -2.13. The number of methoxy groups -OCH3 is 1. The third-order valence-electron chi connectivity index (χ3n) is 3.89. The van der Waals surface area contributed by atoms with E-state index in [0.717, 1.165) is 16.6 Å². The Hall–Kier alpha value is -3.28. The number of aryl methyl sites for hydroxylation is 1. The van der Waals surface area contributed by atoms with Crippen LogP contribution in [0.3, 0.4) is 0 Å². The molecule has 3 rings (SSSR count). The van der Waals surface area contributed by atoms with Gasteiger partial charge in [0.05, 0.1) is 18.2 Å². The van der Waals surface area contributed by atoms with Gasteiger partial charge in [0.2, 0.25) is 5.91 Å². The molecule has 0 unspecified atom stereocenters. The zero-order chi connectivity index (χ0) is 18.0. The number of rotatable bonds is 4. The van der Waals surface area contributed by atoms with Gasteiger partial charge in [0.15, 0.2) is 0 Å². The van der Waals surface area contributed by atoms with E-state index in [1.165, 1.54) is 6.92 Å². The Morgan fingerprint density at radius 3 is 2.24 bits per heavy atom. The molecule has 0 aliphatic carbocycles. The van der Waals surface area contributed by atoms with Crippen LogP contribution in [0.1, 0.15) is 23.0 Å². The van der Waals surface area contributed by atoms with Gasteiger partial charge in [-0.3, -0.25) is 9.59 Å². The van der Waals surface area contributed by atoms with Crippen LogP contribution in [-0.2, 0) is 4.79 Å². The number of benzene rings is 2. The second-order valence-corrected chi connectivity index (χ2v) is 5.72. The molecule has 0 saturated carbocycles. The van der Waals surface area contributed by atoms with Gasteiger partial charge in [-0.15, -0.1) is 0 Å². The third-order valence-corrected chi connectivity index (χ3v) is 3.89. The topological polar surface area (TPSA) is 83.2 Å². The molecule has 0 fully saturated rings. The lowest BCUT2D eigenvalue weighted by atomic mass is 10.1. The minimum absolute atomic E-state index is 0.139. The van der Waals surface area contributed by atoms with Crippen LogP contribution in [0.4, 0.5) is 11.4 Å². The van der Waals surface area contributed by atoms with Crippen LogP contribution in [0, 0.1) is 6.92 Å². The summed E-state index contributed by atoms with van der Waals surface area (Å²) in [4.78, 5) is 27.0. The average molecular weight is 337 g/mol. The molecule has 0 spiro atoms. The molecule has 25 heavy (non-hydrogen) atoms. The summed E-state index contributed by atoms with van der Waals surface area (Å²) in [5.41, 5.74) is 3.48. The number of hydrogen-bond donors (Lipinski definition) is 3. The fourth-order valence-corrected chi connectivity index (χ4v) is 2.82. The van der Waals surface area contributed by atoms with Gasteiger partial charge in [-0.1, -0.05) is 12.1 Å². The maximum atomic E-state index is 12.7. The zero-order valence-corrected chi connectivity index (χ0v) is 14.3. The van der Waals surface area contributed by atoms with Gasteiger partial charge in [-0.05, 0) is 37.3 Å². The standard InChI is InChI=1S/C19H19N3O3/c1-11-17(15-5-4-6-16(25-3)18(15)20-11)19(24)22-14-9-7-13(8-10-14)21-12(2)23/h4-10,20H,1-3H3,(H,21,23)(H,22,24). The highest BCUT2D eigenvalue weighted by Gasteiger charge is 2.18. The second-order valence-electron chi connectivity index (χ2n) is 5.72. The maximum Gasteiger partial charge on any atom is 0.258 e. The summed E-state index contributed by atoms with van der Waals surface area (Å²) >= 11 is 0. The summed E-state index contributed by atoms with van der Waals surface area (Å²) in [6, 6.07) is 12.6. The van der Waals surface area contributed by atoms with Crippen molar-refractivity contribution in [3.8, 4) is 5.75 Å². The van der Waals surface area contributed by atoms with Gasteiger partial charge in [-0.2, -0.15) is 0 Å². The highest BCUT2D eigenvalue weighted by atomic mass is 16.5. The van der Waals surface area contributed by atoms with Crippen LogP contribution in [0.15, 0.2) is 42.5 Å². The maximum absolute atomic E-state index is 12.7. The van der Waals surface area contributed by atoms with Crippen molar-refractivity contribution >= 4 is 34.1 Å². The number of H-pyrrole nitrogens is 1. The second kappa shape index (κ2) is 6.68. The van der Waals surface area contributed by atoms with Crippen molar-refractivity contribution in [1.82, 2.24) is 4.98 Å². The minimum Gasteiger partial charge on any atom is -0.495 e. The minimum atomic E-state index is -0.204. The number of fused-ring (bicyclic) bond motifs is 1. The predicted octanol–water partition coefficient (Wildman–Crippen LogP) is 3.70. The van der Waals surface area contributed by atoms with Crippen LogP contribution in [0.2, 0.25) is 0 Å². The molecule has 6 nitrogen and oxygen atoms in total. The number of carbonyl (C=O) groups is 2. The van der Waals surface area contributed by atoms with Crippen LogP contribution in [-0.4, -0.2) is 23.9 Å². The summed E-state index contributed by atoms with van der Waals surface area (Å²) in [7, 11) is 1.60. The molecule has 3 aromatic rings. The van der Waals surface area contributed by atoms with Gasteiger partial charge >= 0.3 is 0 Å². The van der Waals surface area contributed by atoms with Crippen LogP contribution in [0.5, 0.6) is 5.75 Å². The monoisotopic (exact) mass is 337 g/mol. The summed E-state index contributed by atoms with van der Waals surface area (Å²) in [6.07, 6.45) is 0. The number of aromatic nitrogens is 1. The molecule has 0 aliphatic rings. The summed E-state index contributed by atoms with van der Waals surface area (Å²) in [5, 5.41) is 6.38. The van der Waals surface area contributed by atoms with E-state index in [2.05, 4.69) is 15.6 Å². The normalized spacial score (nSPS) is 10.5. The smallest absolute Gasteiger partial charge is 0.258 e. The molecule has 128 valence electrons. The van der Waals surface area contributed by atoms with Crippen molar-refractivity contribution in [3.05, 3.63) is 53.7 Å². The Bertz CT molecular complexity index is 942. The number of carbonyl (C=O) groups excluding carboxylic acids is 2.